The number of fused-ring (bicyclic) bond motifs is 1. The smallest absolute Gasteiger partial charge is 0.324 e. The molecule has 2 aromatic carbocycles. The van der Waals surface area contributed by atoms with E-state index >= 15 is 0 Å². The molecule has 2 fully saturated rings. The Balaban J connectivity index is 1.57. The molecule has 0 aromatic heterocycles. The predicted molar refractivity (Wildman–Crippen MR) is 117 cm³/mol. The fraction of sp³-hybridized carbons (Fsp3) is 0.500. The molecule has 2 heterocycles. The fourth-order valence-corrected chi connectivity index (χ4v) is 5.36. The number of nitrogens with zero attached hydrogens (tertiary/aromatic N) is 2. The normalized spacial score (nSPS) is 20.3. The van der Waals surface area contributed by atoms with Gasteiger partial charge in [0.05, 0.1) is 4.90 Å². The van der Waals surface area contributed by atoms with Crippen LogP contribution in [0.2, 0.25) is 0 Å². The quantitative estimate of drug-likeness (QED) is 0.715. The molecule has 2 saturated heterocycles. The number of sulfonamides is 1. The van der Waals surface area contributed by atoms with Crippen molar-refractivity contribution in [3.63, 3.8) is 0 Å². The highest BCUT2D eigenvalue weighted by Crippen LogP contribution is 2.20. The maximum atomic E-state index is 13.2. The first kappa shape index (κ1) is 21.1. The van der Waals surface area contributed by atoms with Gasteiger partial charge in [0.15, 0.2) is 0 Å². The Morgan fingerprint density at radius 2 is 1.83 bits per heavy atom. The highest BCUT2D eigenvalue weighted by Gasteiger charge is 2.29. The number of piperidine rings is 2. The molecule has 30 heavy (non-hydrogen) atoms. The van der Waals surface area contributed by atoms with E-state index in [4.69, 9.17) is 0 Å². The third-order valence-corrected chi connectivity index (χ3v) is 7.29. The molecule has 4 rings (SSSR count). The molecule has 2 aromatic rings. The average Bonchev–Trinajstić information content (AvgIpc) is 2.79. The van der Waals surface area contributed by atoms with Crippen LogP contribution in [0.4, 0.5) is 4.79 Å². The Hall–Kier alpha value is -2.16. The minimum Gasteiger partial charge on any atom is -0.324 e. The lowest BCUT2D eigenvalue weighted by molar-refractivity contribution is 0.123. The maximum absolute atomic E-state index is 13.2. The first-order valence-corrected chi connectivity index (χ1v) is 12.3. The van der Waals surface area contributed by atoms with Gasteiger partial charge in [-0.3, -0.25) is 0 Å². The van der Waals surface area contributed by atoms with Crippen molar-refractivity contribution in [3.05, 3.63) is 42.5 Å². The van der Waals surface area contributed by atoms with Gasteiger partial charge in [-0.15, -0.1) is 4.83 Å². The van der Waals surface area contributed by atoms with Crippen molar-refractivity contribution in [2.75, 3.05) is 32.7 Å². The van der Waals surface area contributed by atoms with E-state index in [-0.39, 0.29) is 16.8 Å². The summed E-state index contributed by atoms with van der Waals surface area (Å²) in [6.07, 6.45) is 5.05. The third kappa shape index (κ3) is 4.94. The number of hydrogen-bond donors (Lipinski definition) is 2. The van der Waals surface area contributed by atoms with Crippen molar-refractivity contribution in [2.45, 2.75) is 37.0 Å². The number of rotatable bonds is 5. The van der Waals surface area contributed by atoms with Gasteiger partial charge in [-0.1, -0.05) is 30.3 Å². The molecule has 0 saturated carbocycles. The zero-order valence-electron chi connectivity index (χ0n) is 17.2. The van der Waals surface area contributed by atoms with E-state index in [9.17, 15) is 13.2 Å². The van der Waals surface area contributed by atoms with Gasteiger partial charge in [-0.25, -0.2) is 18.2 Å². The Morgan fingerprint density at radius 3 is 2.57 bits per heavy atom. The van der Waals surface area contributed by atoms with E-state index in [1.54, 1.807) is 23.1 Å². The molecule has 0 aliphatic carbocycles. The summed E-state index contributed by atoms with van der Waals surface area (Å²) >= 11 is 0. The van der Waals surface area contributed by atoms with Crippen LogP contribution < -0.4 is 10.1 Å². The van der Waals surface area contributed by atoms with E-state index in [1.165, 1.54) is 5.01 Å². The first-order chi connectivity index (χ1) is 14.5. The highest BCUT2D eigenvalue weighted by molar-refractivity contribution is 7.89. The van der Waals surface area contributed by atoms with Gasteiger partial charge in [-0.05, 0) is 74.0 Å². The largest absolute Gasteiger partial charge is 0.335 e. The first-order valence-electron chi connectivity index (χ1n) is 10.8. The molecule has 0 bridgehead atoms. The van der Waals surface area contributed by atoms with Crippen molar-refractivity contribution in [1.29, 1.82) is 0 Å². The van der Waals surface area contributed by atoms with Crippen LogP contribution in [0.15, 0.2) is 47.4 Å². The number of carbonyl (C=O) groups is 1. The SMILES string of the molecule is O=C(N1CCCCC1)N(CC1CCCNC1)NS(=O)(=O)c1ccc2ccccc2c1. The summed E-state index contributed by atoms with van der Waals surface area (Å²) in [5.41, 5.74) is 0. The van der Waals surface area contributed by atoms with Gasteiger partial charge in [-0.2, -0.15) is 0 Å². The van der Waals surface area contributed by atoms with Crippen LogP contribution >= 0.6 is 0 Å². The lowest BCUT2D eigenvalue weighted by Crippen LogP contribution is -2.55. The second kappa shape index (κ2) is 9.32. The number of nitrogens with one attached hydrogen (secondary N) is 2. The van der Waals surface area contributed by atoms with E-state index < -0.39 is 10.0 Å². The molecule has 2 aliphatic rings. The Labute approximate surface area is 178 Å². The summed E-state index contributed by atoms with van der Waals surface area (Å²) in [5, 5.41) is 6.50. The predicted octanol–water partition coefficient (Wildman–Crippen LogP) is 2.94. The summed E-state index contributed by atoms with van der Waals surface area (Å²) in [6.45, 7) is 3.49. The molecule has 1 atom stereocenters. The Kier molecular flexibility index (Phi) is 6.55. The standard InChI is InChI=1S/C22H30N4O3S/c27-22(25-13-4-1-5-14-25)26(17-18-7-6-12-23-16-18)24-30(28,29)21-11-10-19-8-2-3-9-20(19)15-21/h2-3,8-11,15,18,23-24H,1,4-7,12-14,16-17H2. The monoisotopic (exact) mass is 430 g/mol. The fourth-order valence-electron chi connectivity index (χ4n) is 4.28. The van der Waals surface area contributed by atoms with Crippen molar-refractivity contribution in [1.82, 2.24) is 20.1 Å². The summed E-state index contributed by atoms with van der Waals surface area (Å²) in [6, 6.07) is 12.4. The highest BCUT2D eigenvalue weighted by atomic mass is 32.2. The van der Waals surface area contributed by atoms with Crippen LogP contribution in [0.1, 0.15) is 32.1 Å². The van der Waals surface area contributed by atoms with E-state index in [2.05, 4.69) is 10.1 Å². The zero-order valence-corrected chi connectivity index (χ0v) is 18.0. The second-order valence-corrected chi connectivity index (χ2v) is 9.92. The van der Waals surface area contributed by atoms with Crippen LogP contribution in [-0.4, -0.2) is 57.1 Å². The number of hydrazine groups is 1. The summed E-state index contributed by atoms with van der Waals surface area (Å²) < 4.78 is 26.4. The van der Waals surface area contributed by atoms with Crippen LogP contribution in [0.5, 0.6) is 0 Å². The van der Waals surface area contributed by atoms with Crippen LogP contribution in [0, 0.1) is 5.92 Å². The van der Waals surface area contributed by atoms with E-state index in [0.29, 0.717) is 19.6 Å². The minimum atomic E-state index is -3.88. The van der Waals surface area contributed by atoms with Gasteiger partial charge in [0, 0.05) is 19.6 Å². The number of carbonyl (C=O) groups excluding carboxylic acids is 1. The zero-order chi connectivity index (χ0) is 21.0. The molecule has 0 radical (unpaired) electrons. The second-order valence-electron chi connectivity index (χ2n) is 8.26. The maximum Gasteiger partial charge on any atom is 0.335 e. The van der Waals surface area contributed by atoms with Gasteiger partial charge in [0.25, 0.3) is 10.0 Å². The van der Waals surface area contributed by atoms with Crippen LogP contribution in [-0.2, 0) is 10.0 Å². The topological polar surface area (TPSA) is 81.8 Å². The molecule has 7 nitrogen and oxygen atoms in total. The van der Waals surface area contributed by atoms with Crippen LogP contribution in [0.3, 0.4) is 0 Å². The Bertz CT molecular complexity index is 983. The average molecular weight is 431 g/mol. The van der Waals surface area contributed by atoms with Crippen LogP contribution in [0.25, 0.3) is 10.8 Å². The number of benzene rings is 2. The molecule has 0 spiro atoms. The number of urea groups is 1. The third-order valence-electron chi connectivity index (χ3n) is 5.96. The Morgan fingerprint density at radius 1 is 1.07 bits per heavy atom. The molecular formula is C22H30N4O3S. The number of hydrogen-bond acceptors (Lipinski definition) is 4. The lowest BCUT2D eigenvalue weighted by Gasteiger charge is -2.35. The van der Waals surface area contributed by atoms with Gasteiger partial charge >= 0.3 is 6.03 Å². The number of amides is 2. The van der Waals surface area contributed by atoms with Crippen molar-refractivity contribution >= 4 is 26.8 Å². The summed E-state index contributed by atoms with van der Waals surface area (Å²) in [5.74, 6) is 0.229. The molecule has 8 heteroatoms. The number of likely N-dealkylation sites (tertiary alicyclic amines) is 1. The summed E-state index contributed by atoms with van der Waals surface area (Å²) in [7, 11) is -3.88. The van der Waals surface area contributed by atoms with Crippen molar-refractivity contribution < 1.29 is 13.2 Å². The van der Waals surface area contributed by atoms with Gasteiger partial charge in [0.1, 0.15) is 0 Å². The molecule has 2 aliphatic heterocycles. The molecule has 2 N–H and O–H groups in total. The molecule has 162 valence electrons. The lowest BCUT2D eigenvalue weighted by atomic mass is 10.00. The van der Waals surface area contributed by atoms with Gasteiger partial charge in [0.2, 0.25) is 0 Å². The van der Waals surface area contributed by atoms with Crippen molar-refractivity contribution in [3.8, 4) is 0 Å². The molecular weight excluding hydrogens is 400 g/mol. The molecule has 2 amide bonds. The van der Waals surface area contributed by atoms with E-state index in [0.717, 1.165) is 56.0 Å². The minimum absolute atomic E-state index is 0.166. The summed E-state index contributed by atoms with van der Waals surface area (Å²) in [4.78, 5) is 17.7. The van der Waals surface area contributed by atoms with E-state index in [1.807, 2.05) is 24.3 Å². The van der Waals surface area contributed by atoms with Crippen molar-refractivity contribution in [2.24, 2.45) is 5.92 Å². The molecule has 1 unspecified atom stereocenters. The van der Waals surface area contributed by atoms with Gasteiger partial charge < -0.3 is 10.2 Å².